The maximum absolute atomic E-state index is 5.55. The van der Waals surface area contributed by atoms with Crippen molar-refractivity contribution in [3.63, 3.8) is 0 Å². The zero-order valence-electron chi connectivity index (χ0n) is 16.5. The summed E-state index contributed by atoms with van der Waals surface area (Å²) in [7, 11) is 4.00. The van der Waals surface area contributed by atoms with Gasteiger partial charge in [0, 0.05) is 45.8 Å². The molecule has 0 amide bonds. The zero-order chi connectivity index (χ0) is 18.7. The Labute approximate surface area is 161 Å². The van der Waals surface area contributed by atoms with E-state index in [-0.39, 0.29) is 5.41 Å². The van der Waals surface area contributed by atoms with Gasteiger partial charge in [0.1, 0.15) is 0 Å². The van der Waals surface area contributed by atoms with Crippen LogP contribution in [0.3, 0.4) is 0 Å². The van der Waals surface area contributed by atoms with Gasteiger partial charge in [0.2, 0.25) is 6.79 Å². The second kappa shape index (κ2) is 7.97. The lowest BCUT2D eigenvalue weighted by molar-refractivity contribution is 0.0625. The molecule has 1 aliphatic carbocycles. The summed E-state index contributed by atoms with van der Waals surface area (Å²) in [6.45, 7) is 4.09. The molecule has 27 heavy (non-hydrogen) atoms. The van der Waals surface area contributed by atoms with Crippen molar-refractivity contribution < 1.29 is 14.2 Å². The van der Waals surface area contributed by atoms with Gasteiger partial charge in [0.05, 0.1) is 0 Å². The third-order valence-corrected chi connectivity index (χ3v) is 6.21. The van der Waals surface area contributed by atoms with Crippen LogP contribution in [0, 0.1) is 5.92 Å². The van der Waals surface area contributed by atoms with Gasteiger partial charge in [0.25, 0.3) is 0 Å². The molecule has 1 saturated carbocycles. The van der Waals surface area contributed by atoms with Crippen molar-refractivity contribution in [3.05, 3.63) is 23.8 Å². The molecule has 148 valence electrons. The molecule has 2 fully saturated rings. The summed E-state index contributed by atoms with van der Waals surface area (Å²) in [5.74, 6) is 3.49. The summed E-state index contributed by atoms with van der Waals surface area (Å²) in [5.41, 5.74) is 1.53. The number of guanidine groups is 1. The largest absolute Gasteiger partial charge is 0.454 e. The Kier molecular flexibility index (Phi) is 5.43. The predicted octanol–water partition coefficient (Wildman–Crippen LogP) is 2.77. The highest BCUT2D eigenvalue weighted by molar-refractivity contribution is 5.79. The highest BCUT2D eigenvalue weighted by Crippen LogP contribution is 2.49. The lowest BCUT2D eigenvalue weighted by atomic mass is 9.95. The third kappa shape index (κ3) is 4.15. The molecule has 0 aromatic heterocycles. The summed E-state index contributed by atoms with van der Waals surface area (Å²) in [6.07, 6.45) is 5.97. The van der Waals surface area contributed by atoms with Crippen LogP contribution in [0.2, 0.25) is 0 Å². The molecule has 0 radical (unpaired) electrons. The standard InChI is InChI=1S/C21H31N3O3/c1-22-20(24(2)10-5-16-6-11-25-12-7-16)23-14-21(8-9-21)17-3-4-18-19(13-17)27-15-26-18/h3-4,13,16H,5-12,14-15H2,1-2H3,(H,22,23). The maximum Gasteiger partial charge on any atom is 0.231 e. The van der Waals surface area contributed by atoms with Crippen LogP contribution in [0.1, 0.15) is 37.7 Å². The first-order valence-corrected chi connectivity index (χ1v) is 10.1. The molecule has 6 heteroatoms. The predicted molar refractivity (Wildman–Crippen MR) is 106 cm³/mol. The molecule has 2 aliphatic heterocycles. The van der Waals surface area contributed by atoms with Crippen LogP contribution in [0.25, 0.3) is 0 Å². The van der Waals surface area contributed by atoms with Gasteiger partial charge in [-0.3, -0.25) is 4.99 Å². The summed E-state index contributed by atoms with van der Waals surface area (Å²) in [4.78, 5) is 6.75. The molecular formula is C21H31N3O3. The number of aliphatic imine (C=N–C) groups is 1. The van der Waals surface area contributed by atoms with Crippen molar-refractivity contribution >= 4 is 5.96 Å². The molecule has 4 rings (SSSR count). The van der Waals surface area contributed by atoms with Crippen LogP contribution >= 0.6 is 0 Å². The molecule has 2 heterocycles. The topological polar surface area (TPSA) is 55.3 Å². The van der Waals surface area contributed by atoms with Gasteiger partial charge in [-0.1, -0.05) is 6.07 Å². The second-order valence-electron chi connectivity index (χ2n) is 8.02. The van der Waals surface area contributed by atoms with Gasteiger partial charge < -0.3 is 24.4 Å². The monoisotopic (exact) mass is 373 g/mol. The third-order valence-electron chi connectivity index (χ3n) is 6.21. The lowest BCUT2D eigenvalue weighted by Gasteiger charge is -2.28. The van der Waals surface area contributed by atoms with Crippen molar-refractivity contribution in [2.75, 3.05) is 47.2 Å². The summed E-state index contributed by atoms with van der Waals surface area (Å²) in [5, 5.41) is 3.61. The minimum absolute atomic E-state index is 0.193. The van der Waals surface area contributed by atoms with Crippen molar-refractivity contribution in [3.8, 4) is 11.5 Å². The van der Waals surface area contributed by atoms with Gasteiger partial charge >= 0.3 is 0 Å². The number of benzene rings is 1. The minimum atomic E-state index is 0.193. The van der Waals surface area contributed by atoms with Crippen molar-refractivity contribution in [1.29, 1.82) is 0 Å². The van der Waals surface area contributed by atoms with Crippen LogP contribution in [0.15, 0.2) is 23.2 Å². The summed E-state index contributed by atoms with van der Waals surface area (Å²) < 4.78 is 16.5. The molecular weight excluding hydrogens is 342 g/mol. The van der Waals surface area contributed by atoms with Gasteiger partial charge in [-0.05, 0) is 55.7 Å². The van der Waals surface area contributed by atoms with Crippen LogP contribution in [-0.4, -0.2) is 58.1 Å². The zero-order valence-corrected chi connectivity index (χ0v) is 16.5. The number of hydrogen-bond acceptors (Lipinski definition) is 4. The average Bonchev–Trinajstić information content (AvgIpc) is 3.35. The van der Waals surface area contributed by atoms with Crippen LogP contribution in [0.4, 0.5) is 0 Å². The van der Waals surface area contributed by atoms with E-state index in [0.717, 1.165) is 49.7 Å². The highest BCUT2D eigenvalue weighted by Gasteiger charge is 2.45. The van der Waals surface area contributed by atoms with Gasteiger partial charge in [-0.25, -0.2) is 0 Å². The maximum atomic E-state index is 5.55. The van der Waals surface area contributed by atoms with Crippen LogP contribution in [0.5, 0.6) is 11.5 Å². The number of hydrogen-bond donors (Lipinski definition) is 1. The molecule has 6 nitrogen and oxygen atoms in total. The first-order valence-electron chi connectivity index (χ1n) is 10.1. The number of nitrogens with zero attached hydrogens (tertiary/aromatic N) is 2. The lowest BCUT2D eigenvalue weighted by Crippen LogP contribution is -2.43. The van der Waals surface area contributed by atoms with E-state index in [1.807, 2.05) is 13.1 Å². The molecule has 0 spiro atoms. The highest BCUT2D eigenvalue weighted by atomic mass is 16.7. The van der Waals surface area contributed by atoms with Crippen molar-refractivity contribution in [2.24, 2.45) is 10.9 Å². The van der Waals surface area contributed by atoms with E-state index < -0.39 is 0 Å². The number of fused-ring (bicyclic) bond motifs is 1. The van der Waals surface area contributed by atoms with Crippen molar-refractivity contribution in [1.82, 2.24) is 10.2 Å². The van der Waals surface area contributed by atoms with E-state index in [1.54, 1.807) is 0 Å². The molecule has 0 atom stereocenters. The molecule has 3 aliphatic rings. The Morgan fingerprint density at radius 1 is 1.22 bits per heavy atom. The average molecular weight is 373 g/mol. The van der Waals surface area contributed by atoms with E-state index in [2.05, 4.69) is 34.4 Å². The molecule has 1 N–H and O–H groups in total. The van der Waals surface area contributed by atoms with Crippen LogP contribution < -0.4 is 14.8 Å². The van der Waals surface area contributed by atoms with Crippen molar-refractivity contribution in [2.45, 2.75) is 37.5 Å². The first-order chi connectivity index (χ1) is 13.2. The van der Waals surface area contributed by atoms with Crippen LogP contribution in [-0.2, 0) is 10.2 Å². The molecule has 1 aromatic carbocycles. The van der Waals surface area contributed by atoms with E-state index in [1.165, 1.54) is 37.7 Å². The van der Waals surface area contributed by atoms with Gasteiger partial charge in [-0.15, -0.1) is 0 Å². The fourth-order valence-electron chi connectivity index (χ4n) is 4.09. The van der Waals surface area contributed by atoms with Gasteiger partial charge in [-0.2, -0.15) is 0 Å². The number of nitrogens with one attached hydrogen (secondary N) is 1. The van der Waals surface area contributed by atoms with E-state index in [0.29, 0.717) is 6.79 Å². The Morgan fingerprint density at radius 3 is 2.74 bits per heavy atom. The SMILES string of the molecule is CN=C(NCC1(c2ccc3c(c2)OCO3)CC1)N(C)CCC1CCOCC1. The fourth-order valence-corrected chi connectivity index (χ4v) is 4.09. The van der Waals surface area contributed by atoms with E-state index in [9.17, 15) is 0 Å². The Morgan fingerprint density at radius 2 is 2.00 bits per heavy atom. The quantitative estimate of drug-likeness (QED) is 0.614. The first kappa shape index (κ1) is 18.4. The minimum Gasteiger partial charge on any atom is -0.454 e. The Bertz CT molecular complexity index is 681. The molecule has 1 aromatic rings. The smallest absolute Gasteiger partial charge is 0.231 e. The summed E-state index contributed by atoms with van der Waals surface area (Å²) >= 11 is 0. The summed E-state index contributed by atoms with van der Waals surface area (Å²) in [6, 6.07) is 6.36. The Balaban J connectivity index is 1.31. The number of rotatable bonds is 6. The number of ether oxygens (including phenoxy) is 3. The van der Waals surface area contributed by atoms with Gasteiger partial charge in [0.15, 0.2) is 17.5 Å². The van der Waals surface area contributed by atoms with E-state index >= 15 is 0 Å². The Hall–Kier alpha value is -1.95. The second-order valence-corrected chi connectivity index (χ2v) is 8.02. The van der Waals surface area contributed by atoms with E-state index in [4.69, 9.17) is 14.2 Å². The normalized spacial score (nSPS) is 21.2. The molecule has 1 saturated heterocycles. The molecule has 0 bridgehead atoms. The fraction of sp³-hybridized carbons (Fsp3) is 0.667. The molecule has 0 unspecified atom stereocenters.